The molecule has 2 heterocycles. The quantitative estimate of drug-likeness (QED) is 0.389. The number of piperidine rings is 1. The van der Waals surface area contributed by atoms with E-state index in [2.05, 4.69) is 40.8 Å². The summed E-state index contributed by atoms with van der Waals surface area (Å²) in [6, 6.07) is 20.1. The fourth-order valence-electron chi connectivity index (χ4n) is 4.71. The molecular weight excluding hydrogens is 448 g/mol. The van der Waals surface area contributed by atoms with Crippen LogP contribution in [-0.2, 0) is 17.9 Å². The van der Waals surface area contributed by atoms with Gasteiger partial charge in [-0.05, 0) is 43.6 Å². The highest BCUT2D eigenvalue weighted by Crippen LogP contribution is 2.37. The lowest BCUT2D eigenvalue weighted by atomic mass is 9.75. The maximum absolute atomic E-state index is 13.3. The van der Waals surface area contributed by atoms with Crippen LogP contribution in [0, 0.1) is 5.41 Å². The van der Waals surface area contributed by atoms with Crippen LogP contribution in [0.25, 0.3) is 0 Å². The average Bonchev–Trinajstić information content (AvgIpc) is 2.90. The number of hydrogen-bond donors (Lipinski definition) is 0. The van der Waals surface area contributed by atoms with Gasteiger partial charge in [-0.25, -0.2) is 9.97 Å². The van der Waals surface area contributed by atoms with E-state index < -0.39 is 0 Å². The first-order chi connectivity index (χ1) is 17.4. The van der Waals surface area contributed by atoms with Gasteiger partial charge in [0.15, 0.2) is 0 Å². The summed E-state index contributed by atoms with van der Waals surface area (Å²) in [5.74, 6) is 2.23. The SMILES string of the molecule is CC(C)c1ncc(CN2CCC(COc3ccccc3)(CC(=O)N(C)Cc3ccccc3)CC2)cn1. The smallest absolute Gasteiger partial charge is 0.223 e. The topological polar surface area (TPSA) is 58.6 Å². The zero-order valence-corrected chi connectivity index (χ0v) is 21.8. The van der Waals surface area contributed by atoms with Gasteiger partial charge in [0.05, 0.1) is 6.61 Å². The number of para-hydroxylation sites is 1. The van der Waals surface area contributed by atoms with Gasteiger partial charge in [-0.1, -0.05) is 62.4 Å². The molecule has 0 N–H and O–H groups in total. The van der Waals surface area contributed by atoms with Gasteiger partial charge in [-0.2, -0.15) is 0 Å². The molecule has 6 nitrogen and oxygen atoms in total. The van der Waals surface area contributed by atoms with Gasteiger partial charge in [0.25, 0.3) is 0 Å². The van der Waals surface area contributed by atoms with Crippen LogP contribution in [0.1, 0.15) is 56.0 Å². The Morgan fingerprint density at radius 3 is 2.19 bits per heavy atom. The lowest BCUT2D eigenvalue weighted by Gasteiger charge is -2.42. The van der Waals surface area contributed by atoms with E-state index in [1.54, 1.807) is 0 Å². The predicted octanol–water partition coefficient (Wildman–Crippen LogP) is 5.31. The Labute approximate surface area is 215 Å². The van der Waals surface area contributed by atoms with Crippen LogP contribution in [0.2, 0.25) is 0 Å². The maximum Gasteiger partial charge on any atom is 0.223 e. The van der Waals surface area contributed by atoms with E-state index in [4.69, 9.17) is 4.74 Å². The molecule has 1 fully saturated rings. The molecule has 3 aromatic rings. The molecule has 0 unspecified atom stereocenters. The molecule has 0 spiro atoms. The van der Waals surface area contributed by atoms with Crippen molar-refractivity contribution in [2.45, 2.75) is 52.1 Å². The molecule has 1 aromatic heterocycles. The fourth-order valence-corrected chi connectivity index (χ4v) is 4.71. The number of carbonyl (C=O) groups excluding carboxylic acids is 1. The first kappa shape index (κ1) is 25.8. The Kier molecular flexibility index (Phi) is 8.70. The third kappa shape index (κ3) is 7.14. The Balaban J connectivity index is 1.40. The van der Waals surface area contributed by atoms with Crippen LogP contribution in [-0.4, -0.2) is 52.4 Å². The highest BCUT2D eigenvalue weighted by molar-refractivity contribution is 5.76. The Hall–Kier alpha value is -3.25. The van der Waals surface area contributed by atoms with E-state index in [0.717, 1.165) is 55.2 Å². The van der Waals surface area contributed by atoms with Gasteiger partial charge < -0.3 is 9.64 Å². The second-order valence-electron chi connectivity index (χ2n) is 10.4. The first-order valence-corrected chi connectivity index (χ1v) is 12.9. The summed E-state index contributed by atoms with van der Waals surface area (Å²) in [6.07, 6.45) is 6.21. The molecule has 0 aliphatic carbocycles. The van der Waals surface area contributed by atoms with E-state index in [-0.39, 0.29) is 11.3 Å². The number of ether oxygens (including phenoxy) is 1. The summed E-state index contributed by atoms with van der Waals surface area (Å²) in [5.41, 5.74) is 2.08. The van der Waals surface area contributed by atoms with Crippen molar-refractivity contribution >= 4 is 5.91 Å². The van der Waals surface area contributed by atoms with Crippen molar-refractivity contribution in [1.82, 2.24) is 19.8 Å². The second-order valence-corrected chi connectivity index (χ2v) is 10.4. The van der Waals surface area contributed by atoms with Crippen LogP contribution < -0.4 is 4.74 Å². The van der Waals surface area contributed by atoms with Crippen LogP contribution >= 0.6 is 0 Å². The molecule has 0 radical (unpaired) electrons. The average molecular weight is 487 g/mol. The van der Waals surface area contributed by atoms with Crippen molar-refractivity contribution in [3.63, 3.8) is 0 Å². The fraction of sp³-hybridized carbons (Fsp3) is 0.433. The van der Waals surface area contributed by atoms with Crippen molar-refractivity contribution < 1.29 is 9.53 Å². The normalized spacial score (nSPS) is 15.6. The number of amides is 1. The van der Waals surface area contributed by atoms with Gasteiger partial charge >= 0.3 is 0 Å². The molecule has 6 heteroatoms. The third-order valence-electron chi connectivity index (χ3n) is 7.07. The molecule has 2 aromatic carbocycles. The summed E-state index contributed by atoms with van der Waals surface area (Å²) < 4.78 is 6.23. The molecular formula is C30H38N4O2. The lowest BCUT2D eigenvalue weighted by Crippen LogP contribution is -2.45. The minimum atomic E-state index is -0.188. The Morgan fingerprint density at radius 1 is 0.972 bits per heavy atom. The number of aromatic nitrogens is 2. The van der Waals surface area contributed by atoms with Gasteiger partial charge in [-0.3, -0.25) is 9.69 Å². The molecule has 0 atom stereocenters. The summed E-state index contributed by atoms with van der Waals surface area (Å²) in [4.78, 5) is 26.7. The second kappa shape index (κ2) is 12.1. The summed E-state index contributed by atoms with van der Waals surface area (Å²) in [7, 11) is 1.90. The number of rotatable bonds is 10. The minimum absolute atomic E-state index is 0.168. The highest BCUT2D eigenvalue weighted by atomic mass is 16.5. The largest absolute Gasteiger partial charge is 0.493 e. The highest BCUT2D eigenvalue weighted by Gasteiger charge is 2.38. The molecule has 1 aliphatic rings. The van der Waals surface area contributed by atoms with Crippen LogP contribution in [0.5, 0.6) is 5.75 Å². The van der Waals surface area contributed by atoms with Gasteiger partial charge in [0.1, 0.15) is 11.6 Å². The summed E-state index contributed by atoms with van der Waals surface area (Å²) in [6.45, 7) is 8.04. The predicted molar refractivity (Wildman–Crippen MR) is 143 cm³/mol. The number of nitrogens with zero attached hydrogens (tertiary/aromatic N) is 4. The van der Waals surface area contributed by atoms with Crippen molar-refractivity contribution in [3.8, 4) is 5.75 Å². The minimum Gasteiger partial charge on any atom is -0.493 e. The zero-order chi connectivity index (χ0) is 25.4. The molecule has 1 amide bonds. The number of likely N-dealkylation sites (tertiary alicyclic amines) is 1. The van der Waals surface area contributed by atoms with Crippen LogP contribution in [0.15, 0.2) is 73.1 Å². The van der Waals surface area contributed by atoms with E-state index in [9.17, 15) is 4.79 Å². The molecule has 4 rings (SSSR count). The molecule has 1 aliphatic heterocycles. The van der Waals surface area contributed by atoms with E-state index in [1.165, 1.54) is 0 Å². The number of hydrogen-bond acceptors (Lipinski definition) is 5. The maximum atomic E-state index is 13.3. The molecule has 190 valence electrons. The monoisotopic (exact) mass is 486 g/mol. The lowest BCUT2D eigenvalue weighted by molar-refractivity contribution is -0.134. The standard InChI is InChI=1S/C30H38N4O2/c1-24(2)29-31-19-26(20-32-29)22-34-16-14-30(15-17-34,23-36-27-12-8-5-9-13-27)18-28(35)33(3)21-25-10-6-4-7-11-25/h4-13,19-20,24H,14-18,21-23H2,1-3H3. The summed E-state index contributed by atoms with van der Waals surface area (Å²) in [5, 5.41) is 0. The third-order valence-corrected chi connectivity index (χ3v) is 7.07. The van der Waals surface area contributed by atoms with Gasteiger partial charge in [0, 0.05) is 55.8 Å². The van der Waals surface area contributed by atoms with Crippen molar-refractivity contribution in [2.24, 2.45) is 5.41 Å². The number of benzene rings is 2. The van der Waals surface area contributed by atoms with E-state index >= 15 is 0 Å². The molecule has 0 bridgehead atoms. The van der Waals surface area contributed by atoms with E-state index in [0.29, 0.717) is 25.5 Å². The Bertz CT molecular complexity index is 1080. The van der Waals surface area contributed by atoms with Crippen LogP contribution in [0.3, 0.4) is 0 Å². The Morgan fingerprint density at radius 2 is 1.58 bits per heavy atom. The zero-order valence-electron chi connectivity index (χ0n) is 21.8. The van der Waals surface area contributed by atoms with Crippen molar-refractivity contribution in [3.05, 3.63) is 90.0 Å². The van der Waals surface area contributed by atoms with E-state index in [1.807, 2.05) is 72.9 Å². The first-order valence-electron chi connectivity index (χ1n) is 12.9. The van der Waals surface area contributed by atoms with Gasteiger partial charge in [-0.15, -0.1) is 0 Å². The van der Waals surface area contributed by atoms with Gasteiger partial charge in [0.2, 0.25) is 5.91 Å². The van der Waals surface area contributed by atoms with Crippen molar-refractivity contribution in [1.29, 1.82) is 0 Å². The van der Waals surface area contributed by atoms with Crippen molar-refractivity contribution in [2.75, 3.05) is 26.7 Å². The molecule has 0 saturated carbocycles. The number of carbonyl (C=O) groups is 1. The molecule has 36 heavy (non-hydrogen) atoms. The van der Waals surface area contributed by atoms with Crippen LogP contribution in [0.4, 0.5) is 0 Å². The molecule has 1 saturated heterocycles. The summed E-state index contributed by atoms with van der Waals surface area (Å²) >= 11 is 0.